The van der Waals surface area contributed by atoms with E-state index >= 15 is 0 Å². The molecule has 0 spiro atoms. The molecule has 4 nitrogen and oxygen atoms in total. The van der Waals surface area contributed by atoms with Crippen LogP contribution in [-0.4, -0.2) is 19.1 Å². The van der Waals surface area contributed by atoms with E-state index in [1.807, 2.05) is 18.2 Å². The lowest BCUT2D eigenvalue weighted by Gasteiger charge is -2.09. The van der Waals surface area contributed by atoms with Crippen LogP contribution in [0.1, 0.15) is 18.4 Å². The maximum atomic E-state index is 6.10. The van der Waals surface area contributed by atoms with Crippen LogP contribution in [0.3, 0.4) is 0 Å². The van der Waals surface area contributed by atoms with Crippen LogP contribution >= 0.6 is 11.6 Å². The largest absolute Gasteiger partial charge is 0.496 e. The first-order chi connectivity index (χ1) is 8.20. The number of hydrogen-bond donors (Lipinski definition) is 2. The van der Waals surface area contributed by atoms with Gasteiger partial charge in [-0.2, -0.15) is 0 Å². The van der Waals surface area contributed by atoms with Gasteiger partial charge in [-0.3, -0.25) is 0 Å². The molecule has 1 aliphatic rings. The van der Waals surface area contributed by atoms with E-state index in [0.29, 0.717) is 23.6 Å². The highest BCUT2D eigenvalue weighted by atomic mass is 35.5. The zero-order chi connectivity index (χ0) is 12.3. The van der Waals surface area contributed by atoms with Gasteiger partial charge in [-0.1, -0.05) is 17.7 Å². The number of benzene rings is 1. The van der Waals surface area contributed by atoms with Gasteiger partial charge in [0.05, 0.1) is 13.7 Å². The van der Waals surface area contributed by atoms with Crippen molar-refractivity contribution in [3.05, 3.63) is 28.8 Å². The predicted molar refractivity (Wildman–Crippen MR) is 69.5 cm³/mol. The van der Waals surface area contributed by atoms with Crippen molar-refractivity contribution in [2.75, 3.05) is 7.11 Å². The fourth-order valence-corrected chi connectivity index (χ4v) is 1.76. The van der Waals surface area contributed by atoms with E-state index in [1.165, 1.54) is 12.8 Å². The quantitative estimate of drug-likeness (QED) is 0.637. The Hall–Kier alpha value is -1.42. The average Bonchev–Trinajstić information content (AvgIpc) is 3.11. The molecule has 1 aromatic carbocycles. The van der Waals surface area contributed by atoms with Gasteiger partial charge in [-0.25, -0.2) is 4.99 Å². The van der Waals surface area contributed by atoms with Gasteiger partial charge in [0.25, 0.3) is 0 Å². The molecule has 3 N–H and O–H groups in total. The fraction of sp³-hybridized carbons (Fsp3) is 0.417. The SMILES string of the molecule is COc1cccc(Cl)c1CN=C(N)NC1CC1. The summed E-state index contributed by atoms with van der Waals surface area (Å²) < 4.78 is 5.24. The molecule has 2 rings (SSSR count). The smallest absolute Gasteiger partial charge is 0.189 e. The molecular weight excluding hydrogens is 238 g/mol. The number of ether oxygens (including phenoxy) is 1. The molecule has 0 radical (unpaired) electrons. The Bertz CT molecular complexity index is 430. The molecule has 1 aromatic rings. The molecule has 92 valence electrons. The van der Waals surface area contributed by atoms with E-state index in [-0.39, 0.29) is 0 Å². The molecule has 0 heterocycles. The summed E-state index contributed by atoms with van der Waals surface area (Å²) in [7, 11) is 1.62. The number of rotatable bonds is 4. The van der Waals surface area contributed by atoms with Gasteiger partial charge in [0, 0.05) is 16.6 Å². The summed E-state index contributed by atoms with van der Waals surface area (Å²) in [6, 6.07) is 6.04. The molecule has 5 heteroatoms. The lowest BCUT2D eigenvalue weighted by atomic mass is 10.2. The summed E-state index contributed by atoms with van der Waals surface area (Å²) in [5.74, 6) is 1.20. The minimum absolute atomic E-state index is 0.425. The van der Waals surface area contributed by atoms with Crippen LogP contribution in [0.2, 0.25) is 5.02 Å². The highest BCUT2D eigenvalue weighted by Crippen LogP contribution is 2.26. The number of aliphatic imine (C=N–C) groups is 1. The summed E-state index contributed by atoms with van der Waals surface area (Å²) in [5.41, 5.74) is 6.62. The Morgan fingerprint density at radius 3 is 3.00 bits per heavy atom. The number of nitrogens with zero attached hydrogens (tertiary/aromatic N) is 1. The van der Waals surface area contributed by atoms with Crippen molar-refractivity contribution in [1.82, 2.24) is 5.32 Å². The van der Waals surface area contributed by atoms with Gasteiger partial charge < -0.3 is 15.8 Å². The molecule has 0 unspecified atom stereocenters. The van der Waals surface area contributed by atoms with Crippen LogP contribution in [0.25, 0.3) is 0 Å². The van der Waals surface area contributed by atoms with Crippen molar-refractivity contribution in [1.29, 1.82) is 0 Å². The number of nitrogens with one attached hydrogen (secondary N) is 1. The zero-order valence-electron chi connectivity index (χ0n) is 9.74. The minimum Gasteiger partial charge on any atom is -0.496 e. The second-order valence-electron chi connectivity index (χ2n) is 4.04. The molecule has 1 saturated carbocycles. The second-order valence-corrected chi connectivity index (χ2v) is 4.45. The van der Waals surface area contributed by atoms with Crippen LogP contribution in [0.15, 0.2) is 23.2 Å². The van der Waals surface area contributed by atoms with Crippen molar-refractivity contribution < 1.29 is 4.74 Å². The maximum Gasteiger partial charge on any atom is 0.189 e. The molecule has 17 heavy (non-hydrogen) atoms. The topological polar surface area (TPSA) is 59.6 Å². The molecule has 0 bridgehead atoms. The van der Waals surface area contributed by atoms with E-state index in [9.17, 15) is 0 Å². The third-order valence-electron chi connectivity index (χ3n) is 2.63. The van der Waals surface area contributed by atoms with Gasteiger partial charge in [0.2, 0.25) is 0 Å². The first-order valence-electron chi connectivity index (χ1n) is 5.58. The molecule has 0 amide bonds. The van der Waals surface area contributed by atoms with Gasteiger partial charge in [-0.05, 0) is 25.0 Å². The van der Waals surface area contributed by atoms with E-state index in [4.69, 9.17) is 22.1 Å². The summed E-state index contributed by atoms with van der Waals surface area (Å²) in [6.07, 6.45) is 2.34. The number of guanidine groups is 1. The Morgan fingerprint density at radius 2 is 2.35 bits per heavy atom. The molecular formula is C12H16ClN3O. The van der Waals surface area contributed by atoms with Crippen LogP contribution in [0, 0.1) is 0 Å². The molecule has 1 aliphatic carbocycles. The van der Waals surface area contributed by atoms with Crippen LogP contribution in [0.4, 0.5) is 0 Å². The number of methoxy groups -OCH3 is 1. The minimum atomic E-state index is 0.425. The molecule has 0 aromatic heterocycles. The fourth-order valence-electron chi connectivity index (χ4n) is 1.53. The first-order valence-corrected chi connectivity index (χ1v) is 5.96. The van der Waals surface area contributed by atoms with Gasteiger partial charge in [0.15, 0.2) is 5.96 Å². The van der Waals surface area contributed by atoms with Gasteiger partial charge >= 0.3 is 0 Å². The Kier molecular flexibility index (Phi) is 3.74. The van der Waals surface area contributed by atoms with Gasteiger partial charge in [0.1, 0.15) is 5.75 Å². The van der Waals surface area contributed by atoms with Crippen LogP contribution in [0.5, 0.6) is 5.75 Å². The summed E-state index contributed by atoms with van der Waals surface area (Å²) >= 11 is 6.10. The van der Waals surface area contributed by atoms with E-state index < -0.39 is 0 Å². The molecule has 0 aliphatic heterocycles. The molecule has 0 saturated heterocycles. The molecule has 0 atom stereocenters. The Labute approximate surface area is 106 Å². The van der Waals surface area contributed by atoms with Crippen molar-refractivity contribution in [2.45, 2.75) is 25.4 Å². The Balaban J connectivity index is 2.06. The standard InChI is InChI=1S/C12H16ClN3O/c1-17-11-4-2-3-10(13)9(11)7-15-12(14)16-8-5-6-8/h2-4,8H,5-7H2,1H3,(H3,14,15,16). The van der Waals surface area contributed by atoms with Crippen molar-refractivity contribution >= 4 is 17.6 Å². The maximum absolute atomic E-state index is 6.10. The summed E-state index contributed by atoms with van der Waals surface area (Å²) in [6.45, 7) is 0.425. The number of halogens is 1. The number of nitrogens with two attached hydrogens (primary N) is 1. The van der Waals surface area contributed by atoms with Crippen molar-refractivity contribution in [2.24, 2.45) is 10.7 Å². The monoisotopic (exact) mass is 253 g/mol. The highest BCUT2D eigenvalue weighted by Gasteiger charge is 2.21. The lowest BCUT2D eigenvalue weighted by molar-refractivity contribution is 0.410. The third-order valence-corrected chi connectivity index (χ3v) is 2.99. The van der Waals surface area contributed by atoms with E-state index in [2.05, 4.69) is 10.3 Å². The zero-order valence-corrected chi connectivity index (χ0v) is 10.5. The third kappa shape index (κ3) is 3.27. The summed E-state index contributed by atoms with van der Waals surface area (Å²) in [5, 5.41) is 3.77. The lowest BCUT2D eigenvalue weighted by Crippen LogP contribution is -2.33. The van der Waals surface area contributed by atoms with Gasteiger partial charge in [-0.15, -0.1) is 0 Å². The second kappa shape index (κ2) is 5.27. The summed E-state index contributed by atoms with van der Waals surface area (Å²) in [4.78, 5) is 4.26. The molecule has 1 fully saturated rings. The average molecular weight is 254 g/mol. The normalized spacial score (nSPS) is 15.8. The van der Waals surface area contributed by atoms with E-state index in [0.717, 1.165) is 11.3 Å². The van der Waals surface area contributed by atoms with Crippen molar-refractivity contribution in [3.63, 3.8) is 0 Å². The first kappa shape index (κ1) is 12.0. The van der Waals surface area contributed by atoms with Crippen LogP contribution in [-0.2, 0) is 6.54 Å². The van der Waals surface area contributed by atoms with E-state index in [1.54, 1.807) is 7.11 Å². The Morgan fingerprint density at radius 1 is 1.59 bits per heavy atom. The predicted octanol–water partition coefficient (Wildman–Crippen LogP) is 1.92. The van der Waals surface area contributed by atoms with Crippen LogP contribution < -0.4 is 15.8 Å². The highest BCUT2D eigenvalue weighted by molar-refractivity contribution is 6.31. The number of hydrogen-bond acceptors (Lipinski definition) is 2. The van der Waals surface area contributed by atoms with Crippen molar-refractivity contribution in [3.8, 4) is 5.75 Å².